The molecule has 1 aromatic carbocycles. The van der Waals surface area contributed by atoms with Crippen LogP contribution in [0.5, 0.6) is 0 Å². The Morgan fingerprint density at radius 3 is 2.45 bits per heavy atom. The van der Waals surface area contributed by atoms with Crippen molar-refractivity contribution in [3.05, 3.63) is 48.0 Å². The minimum atomic E-state index is -3.63. The summed E-state index contributed by atoms with van der Waals surface area (Å²) in [4.78, 5) is 6.92. The summed E-state index contributed by atoms with van der Waals surface area (Å²) in [5, 5.41) is 9.05. The van der Waals surface area contributed by atoms with Crippen molar-refractivity contribution in [3.8, 4) is 17.3 Å². The van der Waals surface area contributed by atoms with Gasteiger partial charge in [0.1, 0.15) is 0 Å². The van der Waals surface area contributed by atoms with E-state index in [1.165, 1.54) is 19.3 Å². The number of nitrogens with zero attached hydrogens (tertiary/aromatic N) is 4. The molecule has 2 aliphatic rings. The van der Waals surface area contributed by atoms with E-state index in [1.54, 1.807) is 46.8 Å². The molecule has 2 saturated heterocycles. The first kappa shape index (κ1) is 20.0. The molecular weight excluding hydrogens is 384 g/mol. The highest BCUT2D eigenvalue weighted by molar-refractivity contribution is 7.89. The number of hydrogen-bond acceptors (Lipinski definition) is 5. The zero-order chi connectivity index (χ0) is 20.3. The molecule has 0 radical (unpaired) electrons. The van der Waals surface area contributed by atoms with Crippen LogP contribution in [0.15, 0.2) is 47.5 Å². The van der Waals surface area contributed by atoms with Crippen molar-refractivity contribution in [3.63, 3.8) is 0 Å². The zero-order valence-corrected chi connectivity index (χ0v) is 17.3. The van der Waals surface area contributed by atoms with Crippen LogP contribution >= 0.6 is 0 Å². The van der Waals surface area contributed by atoms with Crippen LogP contribution in [-0.2, 0) is 10.0 Å². The van der Waals surface area contributed by atoms with Crippen molar-refractivity contribution in [1.82, 2.24) is 14.2 Å². The first-order valence-electron chi connectivity index (χ1n) is 10.3. The molecule has 2 fully saturated rings. The highest BCUT2D eigenvalue weighted by Gasteiger charge is 2.34. The van der Waals surface area contributed by atoms with Gasteiger partial charge in [0, 0.05) is 24.7 Å². The predicted molar refractivity (Wildman–Crippen MR) is 112 cm³/mol. The van der Waals surface area contributed by atoms with Gasteiger partial charge in [-0.15, -0.1) is 0 Å². The lowest BCUT2D eigenvalue weighted by Crippen LogP contribution is -2.51. The Morgan fingerprint density at radius 1 is 0.966 bits per heavy atom. The lowest BCUT2D eigenvalue weighted by molar-refractivity contribution is 0.114. The van der Waals surface area contributed by atoms with Gasteiger partial charge in [-0.25, -0.2) is 13.4 Å². The third-order valence-corrected chi connectivity index (χ3v) is 7.67. The van der Waals surface area contributed by atoms with Crippen LogP contribution in [0.1, 0.15) is 37.7 Å². The molecule has 1 atom stereocenters. The molecule has 2 aliphatic heterocycles. The summed E-state index contributed by atoms with van der Waals surface area (Å²) in [7, 11) is -3.63. The highest BCUT2D eigenvalue weighted by atomic mass is 32.2. The van der Waals surface area contributed by atoms with Gasteiger partial charge >= 0.3 is 0 Å². The summed E-state index contributed by atoms with van der Waals surface area (Å²) in [5.74, 6) is 0. The number of likely N-dealkylation sites (tertiary alicyclic amines) is 1. The zero-order valence-electron chi connectivity index (χ0n) is 16.5. The summed E-state index contributed by atoms with van der Waals surface area (Å²) in [6.07, 6.45) is 5.63. The summed E-state index contributed by atoms with van der Waals surface area (Å²) in [5.41, 5.74) is 1.96. The van der Waals surface area contributed by atoms with Crippen molar-refractivity contribution in [2.45, 2.75) is 43.2 Å². The number of pyridine rings is 1. The van der Waals surface area contributed by atoms with Gasteiger partial charge < -0.3 is 0 Å². The van der Waals surface area contributed by atoms with E-state index in [4.69, 9.17) is 5.26 Å². The second-order valence-electron chi connectivity index (χ2n) is 7.81. The van der Waals surface area contributed by atoms with E-state index in [0.29, 0.717) is 30.4 Å². The summed E-state index contributed by atoms with van der Waals surface area (Å²) in [6, 6.07) is 14.5. The van der Waals surface area contributed by atoms with E-state index >= 15 is 0 Å². The van der Waals surface area contributed by atoms with E-state index in [-0.39, 0.29) is 5.03 Å². The Hall–Kier alpha value is -2.27. The molecule has 152 valence electrons. The van der Waals surface area contributed by atoms with Crippen LogP contribution in [0.2, 0.25) is 0 Å². The lowest BCUT2D eigenvalue weighted by Gasteiger charge is -2.40. The van der Waals surface area contributed by atoms with Crippen LogP contribution in [0, 0.1) is 11.3 Å². The average molecular weight is 411 g/mol. The van der Waals surface area contributed by atoms with Crippen LogP contribution in [0.4, 0.5) is 0 Å². The normalized spacial score (nSPS) is 21.6. The van der Waals surface area contributed by atoms with Crippen LogP contribution in [0.3, 0.4) is 0 Å². The largest absolute Gasteiger partial charge is 0.299 e. The molecule has 0 N–H and O–H groups in total. The Balaban J connectivity index is 1.55. The molecule has 0 bridgehead atoms. The number of nitriles is 1. The van der Waals surface area contributed by atoms with Crippen LogP contribution < -0.4 is 0 Å². The Bertz CT molecular complexity index is 992. The van der Waals surface area contributed by atoms with E-state index < -0.39 is 10.0 Å². The van der Waals surface area contributed by atoms with E-state index in [1.807, 2.05) is 0 Å². The van der Waals surface area contributed by atoms with E-state index in [9.17, 15) is 8.42 Å². The van der Waals surface area contributed by atoms with Gasteiger partial charge in [-0.1, -0.05) is 24.6 Å². The van der Waals surface area contributed by atoms with Crippen molar-refractivity contribution in [1.29, 1.82) is 5.26 Å². The molecule has 2 aromatic rings. The number of aromatic nitrogens is 1. The number of hydrogen-bond donors (Lipinski definition) is 0. The van der Waals surface area contributed by atoms with Crippen molar-refractivity contribution < 1.29 is 8.42 Å². The molecular formula is C22H26N4O2S. The van der Waals surface area contributed by atoms with Gasteiger partial charge in [-0.3, -0.25) is 4.90 Å². The Kier molecular flexibility index (Phi) is 5.95. The predicted octanol–water partition coefficient (Wildman–Crippen LogP) is 3.26. The van der Waals surface area contributed by atoms with E-state index in [0.717, 1.165) is 31.5 Å². The minimum absolute atomic E-state index is 0.0960. The maximum Gasteiger partial charge on any atom is 0.260 e. The van der Waals surface area contributed by atoms with Crippen molar-refractivity contribution in [2.75, 3.05) is 26.2 Å². The summed E-state index contributed by atoms with van der Waals surface area (Å²) < 4.78 is 28.2. The average Bonchev–Trinajstić information content (AvgIpc) is 2.80. The van der Waals surface area contributed by atoms with Gasteiger partial charge in [0.25, 0.3) is 10.0 Å². The number of rotatable bonds is 4. The van der Waals surface area contributed by atoms with Gasteiger partial charge in [0.2, 0.25) is 0 Å². The van der Waals surface area contributed by atoms with E-state index in [2.05, 4.69) is 16.0 Å². The van der Waals surface area contributed by atoms with Crippen LogP contribution in [0.25, 0.3) is 11.3 Å². The topological polar surface area (TPSA) is 77.3 Å². The maximum atomic E-state index is 13.3. The first-order valence-corrected chi connectivity index (χ1v) is 11.7. The fraction of sp³-hybridized carbons (Fsp3) is 0.455. The molecule has 1 unspecified atom stereocenters. The standard InChI is InChI=1S/C22H26N4O2S/c23-16-18-9-11-19(12-10-18)21-7-4-8-22(24-21)29(27,28)26-15-5-6-20(17-26)25-13-2-1-3-14-25/h4,7-12,20H,1-3,5-6,13-15,17H2. The van der Waals surface area contributed by atoms with Crippen molar-refractivity contribution >= 4 is 10.0 Å². The molecule has 1 aromatic heterocycles. The molecule has 0 spiro atoms. The summed E-state index contributed by atoms with van der Waals surface area (Å²) in [6.45, 7) is 3.25. The molecule has 7 heteroatoms. The van der Waals surface area contributed by atoms with Crippen LogP contribution in [-0.4, -0.2) is 54.8 Å². The number of benzene rings is 1. The molecule has 6 nitrogen and oxygen atoms in total. The molecule has 29 heavy (non-hydrogen) atoms. The quantitative estimate of drug-likeness (QED) is 0.773. The third kappa shape index (κ3) is 4.35. The maximum absolute atomic E-state index is 13.3. The molecule has 3 heterocycles. The summed E-state index contributed by atoms with van der Waals surface area (Å²) >= 11 is 0. The highest BCUT2D eigenvalue weighted by Crippen LogP contribution is 2.26. The molecule has 0 aliphatic carbocycles. The molecule has 0 amide bonds. The van der Waals surface area contributed by atoms with Gasteiger partial charge in [-0.05, 0) is 63.0 Å². The van der Waals surface area contributed by atoms with Gasteiger partial charge in [0.15, 0.2) is 5.03 Å². The monoisotopic (exact) mass is 410 g/mol. The Morgan fingerprint density at radius 2 is 1.72 bits per heavy atom. The second kappa shape index (κ2) is 8.62. The smallest absolute Gasteiger partial charge is 0.260 e. The number of piperidine rings is 2. The third-order valence-electron chi connectivity index (χ3n) is 5.90. The fourth-order valence-electron chi connectivity index (χ4n) is 4.29. The lowest BCUT2D eigenvalue weighted by atomic mass is 10.0. The van der Waals surface area contributed by atoms with Gasteiger partial charge in [0.05, 0.1) is 17.3 Å². The SMILES string of the molecule is N#Cc1ccc(-c2cccc(S(=O)(=O)N3CCCC(N4CCCCC4)C3)n2)cc1. The molecule has 4 rings (SSSR count). The van der Waals surface area contributed by atoms with Crippen molar-refractivity contribution in [2.24, 2.45) is 0 Å². The number of sulfonamides is 1. The first-order chi connectivity index (χ1) is 14.1. The Labute approximate surface area is 172 Å². The molecule has 0 saturated carbocycles. The minimum Gasteiger partial charge on any atom is -0.299 e. The fourth-order valence-corrected chi connectivity index (χ4v) is 5.75. The second-order valence-corrected chi connectivity index (χ2v) is 9.69. The van der Waals surface area contributed by atoms with Gasteiger partial charge in [-0.2, -0.15) is 9.57 Å².